The molecule has 0 saturated carbocycles. The summed E-state index contributed by atoms with van der Waals surface area (Å²) < 4.78 is 17.6. The van der Waals surface area contributed by atoms with Gasteiger partial charge in [-0.1, -0.05) is 193 Å². The fourth-order valence-corrected chi connectivity index (χ4v) is 6.94. The number of hydrogen-bond acceptors (Lipinski definition) is 13. The molecule has 0 heterocycles. The number of nitrogen functional groups attached to an aromatic ring is 3. The van der Waals surface area contributed by atoms with E-state index in [0.29, 0.717) is 24.5 Å². The number of carbonyl (C=O) groups is 1. The first kappa shape index (κ1) is 78.2. The van der Waals surface area contributed by atoms with Crippen molar-refractivity contribution in [1.82, 2.24) is 5.32 Å². The third-order valence-electron chi connectivity index (χ3n) is 10.9. The lowest BCUT2D eigenvalue weighted by atomic mass is 10.1. The highest BCUT2D eigenvalue weighted by Crippen LogP contribution is 2.34. The Bertz CT molecular complexity index is 2780. The van der Waals surface area contributed by atoms with Crippen LogP contribution in [0.5, 0.6) is 0 Å². The maximum Gasteiger partial charge on any atom is 0.411 e. The molecular formula is C64H94BrFN10O6. The molecule has 7 aromatic rings. The van der Waals surface area contributed by atoms with Gasteiger partial charge in [0.25, 0.3) is 11.4 Å². The molecule has 10 N–H and O–H groups in total. The minimum atomic E-state index is -0.637. The van der Waals surface area contributed by atoms with Crippen LogP contribution in [0.4, 0.5) is 54.7 Å². The molecule has 1 amide bonds. The summed E-state index contributed by atoms with van der Waals surface area (Å²) in [6.07, 6.45) is -0.496. The molecule has 0 radical (unpaired) electrons. The monoisotopic (exact) mass is 1200 g/mol. The second kappa shape index (κ2) is 47.7. The van der Waals surface area contributed by atoms with Crippen molar-refractivity contribution in [3.05, 3.63) is 223 Å². The third-order valence-corrected chi connectivity index (χ3v) is 10.9. The lowest BCUT2D eigenvalue weighted by Gasteiger charge is -2.23. The van der Waals surface area contributed by atoms with Crippen LogP contribution in [0.3, 0.4) is 0 Å². The molecule has 0 aliphatic heterocycles. The molecule has 0 unspecified atom stereocenters. The van der Waals surface area contributed by atoms with E-state index < -0.39 is 21.8 Å². The highest BCUT2D eigenvalue weighted by Gasteiger charge is 2.18. The molecule has 16 nitrogen and oxygen atoms in total. The number of nitro groups is 2. The fraction of sp³-hybridized carbons (Fsp3) is 0.328. The van der Waals surface area contributed by atoms with Crippen LogP contribution in [0, 0.1) is 46.8 Å². The highest BCUT2D eigenvalue weighted by atomic mass is 79.9. The van der Waals surface area contributed by atoms with Crippen LogP contribution in [0.25, 0.3) is 0 Å². The molecule has 18 heteroatoms. The summed E-state index contributed by atoms with van der Waals surface area (Å²) in [6, 6.07) is 49.6. The van der Waals surface area contributed by atoms with E-state index in [9.17, 15) is 29.4 Å². The molecule has 82 heavy (non-hydrogen) atoms. The first-order valence-electron chi connectivity index (χ1n) is 27.3. The van der Waals surface area contributed by atoms with Crippen molar-refractivity contribution in [3.8, 4) is 0 Å². The number of nitro benzene ring substituents is 2. The number of halogens is 2. The number of nitrogens with two attached hydrogens (primary N) is 4. The second-order valence-electron chi connectivity index (χ2n) is 16.2. The molecule has 0 aromatic heterocycles. The summed E-state index contributed by atoms with van der Waals surface area (Å²) in [5, 5.41) is 26.9. The number of alkyl halides is 1. The lowest BCUT2D eigenvalue weighted by Crippen LogP contribution is -2.19. The zero-order chi connectivity index (χ0) is 63.2. The first-order valence-corrected chi connectivity index (χ1v) is 28.9. The van der Waals surface area contributed by atoms with Crippen LogP contribution < -0.4 is 43.4 Å². The fourth-order valence-electron chi connectivity index (χ4n) is 6.94. The number of nitrogens with zero attached hydrogens (tertiary/aromatic N) is 4. The second-order valence-corrected chi connectivity index (χ2v) is 16.2. The summed E-state index contributed by atoms with van der Waals surface area (Å²) in [7, 11) is 5.92. The van der Waals surface area contributed by atoms with Gasteiger partial charge in [-0.25, -0.2) is 9.18 Å². The van der Waals surface area contributed by atoms with Crippen LogP contribution in [-0.4, -0.2) is 49.5 Å². The first-order chi connectivity index (χ1) is 39.4. The smallest absolute Gasteiger partial charge is 0.411 e. The SMILES string of the molecule is CBr.CC.CC.CC.CC.CCOC(=O)Nc1ccc(N(C)Cc2ccccc2)c(C)c1N.CNCc1ccccc1.Cc1c(F)ccc([N+](=O)[O-])c1N.Cc1c(N(C)Cc2ccccc2)ccc([N+](=O)[O-])c1N.NCc1ccccc1. The van der Waals surface area contributed by atoms with Crippen LogP contribution in [0.1, 0.15) is 101 Å². The summed E-state index contributed by atoms with van der Waals surface area (Å²) >= 11 is 2.94. The van der Waals surface area contributed by atoms with Gasteiger partial charge in [0.1, 0.15) is 17.2 Å². The van der Waals surface area contributed by atoms with Gasteiger partial charge in [-0.05, 0) is 92.7 Å². The molecule has 0 aliphatic rings. The Labute approximate surface area is 497 Å². The molecule has 0 saturated heterocycles. The van der Waals surface area contributed by atoms with Crippen LogP contribution in [-0.2, 0) is 30.9 Å². The topological polar surface area (TPSA) is 247 Å². The summed E-state index contributed by atoms with van der Waals surface area (Å²) in [5.74, 6) is 1.28. The van der Waals surface area contributed by atoms with Gasteiger partial charge in [-0.2, -0.15) is 0 Å². The van der Waals surface area contributed by atoms with Gasteiger partial charge in [-0.3, -0.25) is 25.5 Å². The maximum absolute atomic E-state index is 12.7. The molecule has 0 bridgehead atoms. The van der Waals surface area contributed by atoms with Crippen LogP contribution in [0.2, 0.25) is 0 Å². The van der Waals surface area contributed by atoms with E-state index in [1.54, 1.807) is 26.0 Å². The van der Waals surface area contributed by atoms with E-state index in [1.807, 2.05) is 197 Å². The molecule has 0 fully saturated rings. The van der Waals surface area contributed by atoms with Crippen molar-refractivity contribution < 1.29 is 23.8 Å². The Kier molecular flexibility index (Phi) is 45.5. The van der Waals surface area contributed by atoms with Gasteiger partial charge in [0.05, 0.1) is 27.8 Å². The number of benzene rings is 7. The zero-order valence-electron chi connectivity index (χ0n) is 51.4. The molecule has 450 valence electrons. The molecular weight excluding hydrogens is 1100 g/mol. The Morgan fingerprint density at radius 2 is 0.890 bits per heavy atom. The van der Waals surface area contributed by atoms with E-state index in [0.717, 1.165) is 54.3 Å². The Hall–Kier alpha value is -8.06. The number of ether oxygens (including phenoxy) is 1. The van der Waals surface area contributed by atoms with Crippen molar-refractivity contribution in [1.29, 1.82) is 0 Å². The van der Waals surface area contributed by atoms with E-state index in [1.165, 1.54) is 35.2 Å². The van der Waals surface area contributed by atoms with Gasteiger partial charge in [0.2, 0.25) is 0 Å². The number of hydrogen-bond donors (Lipinski definition) is 6. The number of nitrogens with one attached hydrogen (secondary N) is 2. The Morgan fingerprint density at radius 1 is 0.549 bits per heavy atom. The Balaban J connectivity index is -0.000000957. The zero-order valence-corrected chi connectivity index (χ0v) is 52.9. The number of anilines is 6. The molecule has 0 spiro atoms. The predicted molar refractivity (Wildman–Crippen MR) is 352 cm³/mol. The molecule has 7 aromatic carbocycles. The van der Waals surface area contributed by atoms with E-state index in [-0.39, 0.29) is 28.3 Å². The lowest BCUT2D eigenvalue weighted by molar-refractivity contribution is -0.384. The molecule has 0 aliphatic carbocycles. The van der Waals surface area contributed by atoms with E-state index >= 15 is 0 Å². The molecule has 0 atom stereocenters. The summed E-state index contributed by atoms with van der Waals surface area (Å²) in [4.78, 5) is 35.8. The quantitative estimate of drug-likeness (QED) is 0.0272. The number of carbonyl (C=O) groups excluding carboxylic acids is 1. The van der Waals surface area contributed by atoms with E-state index in [2.05, 4.69) is 55.7 Å². The van der Waals surface area contributed by atoms with Gasteiger partial charge >= 0.3 is 6.09 Å². The van der Waals surface area contributed by atoms with Gasteiger partial charge < -0.3 is 42.8 Å². The standard InChI is InChI=1S/C18H23N3O2.C15H17N3O2.C8H11N.C7H7FN2O2.C7H9N.4C2H6.CH3Br/c1-4-23-18(22)20-15-10-11-16(13(2)17(15)19)21(3)12-14-8-6-5-7-9-14;1-11-13(8-9-14(15(11)16)18(19)20)17(2)10-12-6-4-3-5-7-12;1-9-7-8-5-3-2-4-6-8;1-4-5(8)2-3-6(7(4)9)10(11)12;8-6-7-4-2-1-3-5-7;5*1-2/h5-11H,4,12,19H2,1-3H3,(H,20,22);3-9H,10,16H2,1-2H3;2-6,9H,7H2,1H3;2-3H,9H2,1H3;1-5H,6,8H2;4*1-2H3;1H3. The highest BCUT2D eigenvalue weighted by molar-refractivity contribution is 9.08. The summed E-state index contributed by atoms with van der Waals surface area (Å²) in [6.45, 7) is 26.3. The van der Waals surface area contributed by atoms with Crippen molar-refractivity contribution in [2.75, 3.05) is 65.9 Å². The van der Waals surface area contributed by atoms with E-state index in [4.69, 9.17) is 27.7 Å². The molecule has 7 rings (SSSR count). The van der Waals surface area contributed by atoms with Crippen LogP contribution >= 0.6 is 15.9 Å². The van der Waals surface area contributed by atoms with Crippen LogP contribution in [0.15, 0.2) is 158 Å². The minimum Gasteiger partial charge on any atom is -0.450 e. The van der Waals surface area contributed by atoms with Gasteiger partial charge in [0.15, 0.2) is 0 Å². The van der Waals surface area contributed by atoms with Gasteiger partial charge in [0, 0.05) is 74.9 Å². The van der Waals surface area contributed by atoms with Crippen molar-refractivity contribution in [2.45, 2.75) is 109 Å². The van der Waals surface area contributed by atoms with Gasteiger partial charge in [-0.15, -0.1) is 0 Å². The normalized spacial score (nSPS) is 9.11. The largest absolute Gasteiger partial charge is 0.450 e. The summed E-state index contributed by atoms with van der Waals surface area (Å²) in [5.41, 5.74) is 32.2. The minimum absolute atomic E-state index is 0.0423. The average Bonchev–Trinajstić information content (AvgIpc) is 3.64. The number of rotatable bonds is 13. The number of amides is 1. The third kappa shape index (κ3) is 29.4. The maximum atomic E-state index is 12.7. The van der Waals surface area contributed by atoms with Crippen molar-refractivity contribution in [3.63, 3.8) is 0 Å². The van der Waals surface area contributed by atoms with Crippen molar-refractivity contribution in [2.24, 2.45) is 5.73 Å². The predicted octanol–water partition coefficient (Wildman–Crippen LogP) is 16.2. The average molecular weight is 1200 g/mol. The Morgan fingerprint density at radius 3 is 1.24 bits per heavy atom. The van der Waals surface area contributed by atoms with Crippen molar-refractivity contribution >= 4 is 67.5 Å².